The first kappa shape index (κ1) is 10.9. The van der Waals surface area contributed by atoms with Crippen molar-refractivity contribution < 1.29 is 14.8 Å². The Hall–Kier alpha value is -1.13. The summed E-state index contributed by atoms with van der Waals surface area (Å²) in [6.45, 7) is 5.04. The first-order valence-electron chi connectivity index (χ1n) is 3.47. The van der Waals surface area contributed by atoms with Crippen LogP contribution in [0.5, 0.6) is 0 Å². The molecule has 0 heterocycles. The fourth-order valence-electron chi connectivity index (χ4n) is 0.640. The van der Waals surface area contributed by atoms with Gasteiger partial charge in [0.25, 0.3) is 0 Å². The highest BCUT2D eigenvalue weighted by molar-refractivity contribution is 6.51. The molecule has 2 N–H and O–H groups in total. The molecule has 0 aliphatic rings. The van der Waals surface area contributed by atoms with E-state index >= 15 is 0 Å². The van der Waals surface area contributed by atoms with E-state index in [1.54, 1.807) is 6.92 Å². The highest BCUT2D eigenvalue weighted by Gasteiger charge is 2.10. The van der Waals surface area contributed by atoms with Crippen molar-refractivity contribution >= 4 is 13.4 Å². The monoisotopic (exact) mass is 166 g/mol. The fraction of sp³-hybridized carbons (Fsp3) is 0.125. The van der Waals surface area contributed by atoms with Crippen LogP contribution in [-0.2, 0) is 4.79 Å². The molecule has 0 aromatic rings. The summed E-state index contributed by atoms with van der Waals surface area (Å²) in [4.78, 5) is 10.3. The molecule has 64 valence electrons. The van der Waals surface area contributed by atoms with Crippen molar-refractivity contribution in [2.45, 2.75) is 6.92 Å². The van der Waals surface area contributed by atoms with Crippen molar-refractivity contribution in [1.82, 2.24) is 0 Å². The molecule has 0 saturated heterocycles. The van der Waals surface area contributed by atoms with Crippen molar-refractivity contribution in [1.29, 1.82) is 0 Å². The van der Waals surface area contributed by atoms with Crippen molar-refractivity contribution in [2.75, 3.05) is 0 Å². The van der Waals surface area contributed by atoms with E-state index in [9.17, 15) is 4.79 Å². The Bertz CT molecular complexity index is 218. The summed E-state index contributed by atoms with van der Waals surface area (Å²) in [5.74, 6) is 0. The van der Waals surface area contributed by atoms with Gasteiger partial charge in [0, 0.05) is 5.57 Å². The lowest BCUT2D eigenvalue weighted by atomic mass is 9.78. The molecule has 12 heavy (non-hydrogen) atoms. The lowest BCUT2D eigenvalue weighted by Gasteiger charge is -1.98. The van der Waals surface area contributed by atoms with E-state index < -0.39 is 7.12 Å². The first-order valence-corrected chi connectivity index (χ1v) is 3.47. The van der Waals surface area contributed by atoms with Crippen molar-refractivity contribution in [3.8, 4) is 0 Å². The van der Waals surface area contributed by atoms with Gasteiger partial charge in [0.2, 0.25) is 0 Å². The van der Waals surface area contributed by atoms with Gasteiger partial charge in [-0.1, -0.05) is 24.8 Å². The van der Waals surface area contributed by atoms with Crippen LogP contribution in [0, 0.1) is 0 Å². The second-order valence-corrected chi connectivity index (χ2v) is 2.13. The predicted molar refractivity (Wildman–Crippen MR) is 48.3 cm³/mol. The highest BCUT2D eigenvalue weighted by atomic mass is 16.4. The van der Waals surface area contributed by atoms with E-state index in [2.05, 4.69) is 6.58 Å². The number of hydrogen-bond donors (Lipinski definition) is 2. The Labute approximate surface area is 71.9 Å². The summed E-state index contributed by atoms with van der Waals surface area (Å²) >= 11 is 0. The molecule has 0 saturated carbocycles. The average molecular weight is 166 g/mol. The first-order chi connectivity index (χ1) is 5.65. The number of aldehydes is 1. The van der Waals surface area contributed by atoms with Gasteiger partial charge in [-0.3, -0.25) is 4.79 Å². The Kier molecular flexibility index (Phi) is 5.00. The zero-order chi connectivity index (χ0) is 9.56. The smallest absolute Gasteiger partial charge is 0.423 e. The van der Waals surface area contributed by atoms with Crippen LogP contribution in [0.25, 0.3) is 0 Å². The van der Waals surface area contributed by atoms with Gasteiger partial charge in [-0.05, 0) is 12.4 Å². The lowest BCUT2D eigenvalue weighted by Crippen LogP contribution is -2.14. The molecule has 4 heteroatoms. The summed E-state index contributed by atoms with van der Waals surface area (Å²) in [5, 5.41) is 17.5. The Morgan fingerprint density at radius 3 is 2.33 bits per heavy atom. The van der Waals surface area contributed by atoms with Gasteiger partial charge in [0.05, 0.1) is 0 Å². The van der Waals surface area contributed by atoms with Crippen LogP contribution in [0.1, 0.15) is 6.92 Å². The summed E-state index contributed by atoms with van der Waals surface area (Å²) < 4.78 is 0. The molecular formula is C8H11BO3. The molecule has 0 aliphatic carbocycles. The van der Waals surface area contributed by atoms with Gasteiger partial charge in [-0.25, -0.2) is 0 Å². The minimum atomic E-state index is -1.55. The molecule has 0 radical (unpaired) electrons. The SMILES string of the molecule is C=CC(C=O)=CC(=CC)B(O)O. The lowest BCUT2D eigenvalue weighted by molar-refractivity contribution is -0.104. The van der Waals surface area contributed by atoms with Crippen molar-refractivity contribution in [2.24, 2.45) is 0 Å². The quantitative estimate of drug-likeness (QED) is 0.272. The zero-order valence-electron chi connectivity index (χ0n) is 6.90. The number of allylic oxidation sites excluding steroid dienone is 5. The zero-order valence-corrected chi connectivity index (χ0v) is 6.90. The van der Waals surface area contributed by atoms with Crippen LogP contribution in [0.15, 0.2) is 35.9 Å². The minimum Gasteiger partial charge on any atom is -0.423 e. The van der Waals surface area contributed by atoms with Gasteiger partial charge < -0.3 is 10.0 Å². The Morgan fingerprint density at radius 1 is 1.50 bits per heavy atom. The molecule has 0 amide bonds. The van der Waals surface area contributed by atoms with E-state index in [-0.39, 0.29) is 5.47 Å². The molecule has 0 aromatic heterocycles. The fourth-order valence-corrected chi connectivity index (χ4v) is 0.640. The maximum atomic E-state index is 10.3. The van der Waals surface area contributed by atoms with Gasteiger partial charge in [-0.15, -0.1) is 0 Å². The van der Waals surface area contributed by atoms with E-state index in [4.69, 9.17) is 10.0 Å². The van der Waals surface area contributed by atoms with E-state index in [0.29, 0.717) is 11.9 Å². The highest BCUT2D eigenvalue weighted by Crippen LogP contribution is 2.02. The molecule has 3 nitrogen and oxygen atoms in total. The van der Waals surface area contributed by atoms with Gasteiger partial charge in [0.15, 0.2) is 0 Å². The number of carbonyl (C=O) groups is 1. The average Bonchev–Trinajstić information content (AvgIpc) is 2.06. The van der Waals surface area contributed by atoms with Crippen LogP contribution >= 0.6 is 0 Å². The van der Waals surface area contributed by atoms with Crippen molar-refractivity contribution in [3.63, 3.8) is 0 Å². The van der Waals surface area contributed by atoms with Crippen LogP contribution in [0.4, 0.5) is 0 Å². The Balaban J connectivity index is 4.67. The Morgan fingerprint density at radius 2 is 2.08 bits per heavy atom. The van der Waals surface area contributed by atoms with Gasteiger partial charge in [0.1, 0.15) is 6.29 Å². The molecule has 0 fully saturated rings. The topological polar surface area (TPSA) is 57.5 Å². The second kappa shape index (κ2) is 5.52. The van der Waals surface area contributed by atoms with Crippen LogP contribution in [0.3, 0.4) is 0 Å². The third kappa shape index (κ3) is 3.32. The molecule has 0 bridgehead atoms. The molecule has 0 aliphatic heterocycles. The molecule has 0 spiro atoms. The van der Waals surface area contributed by atoms with E-state index in [0.717, 1.165) is 0 Å². The van der Waals surface area contributed by atoms with Crippen LogP contribution in [0.2, 0.25) is 0 Å². The standard InChI is InChI=1S/C8H11BO3/c1-3-7(6-10)5-8(4-2)9(11)12/h3-6,11-12H,1H2,2H3. The number of hydrogen-bond acceptors (Lipinski definition) is 3. The molecule has 0 aromatic carbocycles. The third-order valence-corrected chi connectivity index (χ3v) is 1.34. The normalized spacial score (nSPS) is 12.6. The maximum absolute atomic E-state index is 10.3. The third-order valence-electron chi connectivity index (χ3n) is 1.34. The van der Waals surface area contributed by atoms with E-state index in [1.165, 1.54) is 18.2 Å². The van der Waals surface area contributed by atoms with E-state index in [1.807, 2.05) is 0 Å². The maximum Gasteiger partial charge on any atom is 0.488 e. The van der Waals surface area contributed by atoms with Crippen LogP contribution < -0.4 is 0 Å². The number of carbonyl (C=O) groups excluding carboxylic acids is 1. The second-order valence-electron chi connectivity index (χ2n) is 2.13. The number of rotatable bonds is 4. The molecular weight excluding hydrogens is 155 g/mol. The van der Waals surface area contributed by atoms with Crippen molar-refractivity contribution in [3.05, 3.63) is 35.9 Å². The van der Waals surface area contributed by atoms with Gasteiger partial charge >= 0.3 is 7.12 Å². The van der Waals surface area contributed by atoms with Gasteiger partial charge in [-0.2, -0.15) is 0 Å². The largest absolute Gasteiger partial charge is 0.488 e. The predicted octanol–water partition coefficient (Wildman–Crippen LogP) is 0.256. The summed E-state index contributed by atoms with van der Waals surface area (Å²) in [7, 11) is -1.55. The summed E-state index contributed by atoms with van der Waals surface area (Å²) in [5.41, 5.74) is 0.591. The summed E-state index contributed by atoms with van der Waals surface area (Å²) in [6.07, 6.45) is 4.82. The molecule has 0 rings (SSSR count). The molecule has 0 unspecified atom stereocenters. The summed E-state index contributed by atoms with van der Waals surface area (Å²) in [6, 6.07) is 0. The minimum absolute atomic E-state index is 0.275. The molecule has 0 atom stereocenters. The van der Waals surface area contributed by atoms with Crippen LogP contribution in [-0.4, -0.2) is 23.5 Å².